The molecule has 7 bridgehead atoms. The summed E-state index contributed by atoms with van der Waals surface area (Å²) < 4.78 is 12.8. The van der Waals surface area contributed by atoms with Gasteiger partial charge in [0.05, 0.1) is 18.1 Å². The minimum atomic E-state index is -0.377. The van der Waals surface area contributed by atoms with E-state index in [-0.39, 0.29) is 53.2 Å². The molecular weight excluding hydrogens is 382 g/mol. The van der Waals surface area contributed by atoms with Gasteiger partial charge in [0.2, 0.25) is 5.91 Å². The number of rotatable bonds is 3. The number of piperidine rings is 1. The van der Waals surface area contributed by atoms with E-state index in [1.807, 2.05) is 4.90 Å². The van der Waals surface area contributed by atoms with Crippen molar-refractivity contribution in [1.82, 2.24) is 4.90 Å². The molecular formula is C24H33NO5. The second kappa shape index (κ2) is 5.89. The normalized spacial score (nSPS) is 53.0. The third-order valence-electron chi connectivity index (χ3n) is 10.3. The first-order valence-corrected chi connectivity index (χ1v) is 11.7. The summed E-state index contributed by atoms with van der Waals surface area (Å²) in [5, 5.41) is 9.74. The maximum Gasteiger partial charge on any atom is 0.303 e. The van der Waals surface area contributed by atoms with E-state index in [1.54, 1.807) is 0 Å². The van der Waals surface area contributed by atoms with E-state index in [2.05, 4.69) is 13.5 Å². The molecule has 2 spiro atoms. The van der Waals surface area contributed by atoms with Crippen molar-refractivity contribution in [1.29, 1.82) is 0 Å². The fourth-order valence-corrected chi connectivity index (χ4v) is 9.40. The van der Waals surface area contributed by atoms with Gasteiger partial charge in [0, 0.05) is 24.3 Å². The first-order valence-electron chi connectivity index (χ1n) is 11.7. The predicted molar refractivity (Wildman–Crippen MR) is 108 cm³/mol. The Morgan fingerprint density at radius 1 is 1.27 bits per heavy atom. The first-order chi connectivity index (χ1) is 14.3. The topological polar surface area (TPSA) is 76.1 Å². The SMILES string of the molecule is C=C1[C@H]2CC[C@]3([C@@H](C2)[C@@]24CCC[C@@]5(C)C(=O)N(CCO)[C@@H]2O[C@@H]3C[C@@H]45)[C@H]1OC(C)=O. The number of fused-ring (bicyclic) bond motifs is 2. The van der Waals surface area contributed by atoms with Crippen molar-refractivity contribution < 1.29 is 24.2 Å². The molecule has 6 nitrogen and oxygen atoms in total. The van der Waals surface area contributed by atoms with Crippen LogP contribution in [0.4, 0.5) is 0 Å². The summed E-state index contributed by atoms with van der Waals surface area (Å²) in [4.78, 5) is 27.5. The van der Waals surface area contributed by atoms with E-state index in [0.717, 1.165) is 50.5 Å². The number of carbonyl (C=O) groups is 2. The number of likely N-dealkylation sites (tertiary alicyclic amines) is 1. The number of hydrogen-bond donors (Lipinski definition) is 1. The molecule has 3 aliphatic heterocycles. The molecule has 0 radical (unpaired) electrons. The number of carbonyl (C=O) groups excluding carboxylic acids is 2. The lowest BCUT2D eigenvalue weighted by molar-refractivity contribution is -0.391. The highest BCUT2D eigenvalue weighted by molar-refractivity contribution is 5.85. The number of hydrogen-bond acceptors (Lipinski definition) is 5. The second-order valence-electron chi connectivity index (χ2n) is 11.1. The molecule has 8 aliphatic rings. The summed E-state index contributed by atoms with van der Waals surface area (Å²) >= 11 is 0. The number of amides is 1. The molecule has 9 atom stereocenters. The molecule has 1 N–H and O–H groups in total. The zero-order valence-electron chi connectivity index (χ0n) is 18.1. The van der Waals surface area contributed by atoms with E-state index < -0.39 is 0 Å². The summed E-state index contributed by atoms with van der Waals surface area (Å²) in [6.45, 7) is 8.34. The van der Waals surface area contributed by atoms with Gasteiger partial charge < -0.3 is 19.5 Å². The molecule has 8 fully saturated rings. The summed E-state index contributed by atoms with van der Waals surface area (Å²) in [5.41, 5.74) is 0.377. The quantitative estimate of drug-likeness (QED) is 0.567. The second-order valence-corrected chi connectivity index (χ2v) is 11.1. The van der Waals surface area contributed by atoms with E-state index in [4.69, 9.17) is 9.47 Å². The van der Waals surface area contributed by atoms with Crippen molar-refractivity contribution >= 4 is 11.9 Å². The number of aliphatic hydroxyl groups excluding tert-OH is 1. The van der Waals surface area contributed by atoms with Gasteiger partial charge in [-0.05, 0) is 61.9 Å². The van der Waals surface area contributed by atoms with Crippen molar-refractivity contribution in [3.8, 4) is 0 Å². The zero-order valence-corrected chi connectivity index (χ0v) is 18.1. The minimum absolute atomic E-state index is 0.0338. The van der Waals surface area contributed by atoms with Gasteiger partial charge in [-0.15, -0.1) is 0 Å². The van der Waals surface area contributed by atoms with Gasteiger partial charge in [0.15, 0.2) is 0 Å². The van der Waals surface area contributed by atoms with E-state index >= 15 is 0 Å². The van der Waals surface area contributed by atoms with Crippen LogP contribution in [0.2, 0.25) is 0 Å². The zero-order chi connectivity index (χ0) is 21.1. The summed E-state index contributed by atoms with van der Waals surface area (Å²) in [7, 11) is 0. The highest BCUT2D eigenvalue weighted by Gasteiger charge is 2.81. The lowest BCUT2D eigenvalue weighted by atomic mass is 9.32. The third-order valence-corrected chi connectivity index (χ3v) is 10.3. The van der Waals surface area contributed by atoms with E-state index in [0.29, 0.717) is 24.3 Å². The van der Waals surface area contributed by atoms with Crippen molar-refractivity contribution in [2.45, 2.75) is 77.2 Å². The molecule has 0 aromatic rings. The molecule has 164 valence electrons. The molecule has 3 saturated heterocycles. The monoisotopic (exact) mass is 415 g/mol. The van der Waals surface area contributed by atoms with Crippen LogP contribution in [0.5, 0.6) is 0 Å². The summed E-state index contributed by atoms with van der Waals surface area (Å²) in [6, 6.07) is 0. The lowest BCUT2D eigenvalue weighted by Crippen LogP contribution is -2.83. The van der Waals surface area contributed by atoms with Crippen LogP contribution in [0, 0.1) is 34.0 Å². The van der Waals surface area contributed by atoms with Gasteiger partial charge in [-0.25, -0.2) is 0 Å². The number of nitrogens with zero attached hydrogens (tertiary/aromatic N) is 1. The van der Waals surface area contributed by atoms with Crippen molar-refractivity contribution in [3.63, 3.8) is 0 Å². The van der Waals surface area contributed by atoms with Gasteiger partial charge in [0.1, 0.15) is 12.3 Å². The van der Waals surface area contributed by atoms with Crippen LogP contribution in [-0.4, -0.2) is 53.5 Å². The largest absolute Gasteiger partial charge is 0.457 e. The predicted octanol–water partition coefficient (Wildman–Crippen LogP) is 2.65. The molecule has 8 rings (SSSR count). The van der Waals surface area contributed by atoms with Crippen LogP contribution in [0.1, 0.15) is 58.8 Å². The molecule has 5 saturated carbocycles. The van der Waals surface area contributed by atoms with Crippen LogP contribution in [0.3, 0.4) is 0 Å². The highest BCUT2D eigenvalue weighted by Crippen LogP contribution is 2.78. The van der Waals surface area contributed by atoms with Crippen LogP contribution >= 0.6 is 0 Å². The molecule has 0 aromatic carbocycles. The number of β-amino-alcohol motifs (C(OH)–C–C–N with tert-alkyl or cyclic N) is 1. The fourth-order valence-electron chi connectivity index (χ4n) is 9.40. The standard InChI is InChI=1S/C24H33NO5/c1-13-15-5-8-24(19(13)29-14(2)27)17(11-15)23-7-4-6-22(3)16(23)12-18(24)30-21(23)25(9-10-26)20(22)28/h15-19,21,26H,1,4-12H2,2-3H3/t15-,16+,17-,18+,19-,21+,22+,23-,24+/m0/s1. The summed E-state index contributed by atoms with van der Waals surface area (Å²) in [6.07, 6.45) is 6.49. The highest BCUT2D eigenvalue weighted by atomic mass is 16.6. The molecule has 5 aliphatic carbocycles. The van der Waals surface area contributed by atoms with Crippen molar-refractivity contribution in [2.24, 2.45) is 34.0 Å². The Morgan fingerprint density at radius 3 is 2.80 bits per heavy atom. The molecule has 3 heterocycles. The van der Waals surface area contributed by atoms with Gasteiger partial charge in [-0.1, -0.05) is 19.9 Å². The van der Waals surface area contributed by atoms with Crippen LogP contribution < -0.4 is 0 Å². The van der Waals surface area contributed by atoms with Gasteiger partial charge in [-0.3, -0.25) is 9.59 Å². The van der Waals surface area contributed by atoms with Gasteiger partial charge in [0.25, 0.3) is 0 Å². The van der Waals surface area contributed by atoms with Crippen molar-refractivity contribution in [3.05, 3.63) is 12.2 Å². The smallest absolute Gasteiger partial charge is 0.303 e. The molecule has 0 aromatic heterocycles. The lowest BCUT2D eigenvalue weighted by Gasteiger charge is -2.79. The molecule has 6 heteroatoms. The Balaban J connectivity index is 1.53. The number of esters is 1. The van der Waals surface area contributed by atoms with Gasteiger partial charge in [-0.2, -0.15) is 0 Å². The Hall–Kier alpha value is -1.40. The Bertz CT molecular complexity index is 841. The maximum atomic E-state index is 13.6. The van der Waals surface area contributed by atoms with Crippen LogP contribution in [-0.2, 0) is 19.1 Å². The Morgan fingerprint density at radius 2 is 2.07 bits per heavy atom. The van der Waals surface area contributed by atoms with Crippen molar-refractivity contribution in [2.75, 3.05) is 13.2 Å². The van der Waals surface area contributed by atoms with Gasteiger partial charge >= 0.3 is 5.97 Å². The maximum absolute atomic E-state index is 13.6. The molecule has 30 heavy (non-hydrogen) atoms. The average Bonchev–Trinajstić information content (AvgIpc) is 2.72. The summed E-state index contributed by atoms with van der Waals surface area (Å²) in [5.74, 6) is 0.983. The van der Waals surface area contributed by atoms with Crippen LogP contribution in [0.25, 0.3) is 0 Å². The number of ether oxygens (including phenoxy) is 2. The molecule has 1 amide bonds. The minimum Gasteiger partial charge on any atom is -0.457 e. The third kappa shape index (κ3) is 1.91. The Kier molecular flexibility index (Phi) is 3.79. The first kappa shape index (κ1) is 19.3. The van der Waals surface area contributed by atoms with E-state index in [9.17, 15) is 14.7 Å². The average molecular weight is 416 g/mol. The van der Waals surface area contributed by atoms with Crippen LogP contribution in [0.15, 0.2) is 12.2 Å². The van der Waals surface area contributed by atoms with E-state index in [1.165, 1.54) is 6.92 Å². The Labute approximate surface area is 178 Å². The number of aliphatic hydroxyl groups is 1. The molecule has 0 unspecified atom stereocenters. The fraction of sp³-hybridized carbons (Fsp3) is 0.833.